The number of aliphatic hydroxyl groups is 1. The van der Waals surface area contributed by atoms with E-state index in [1.54, 1.807) is 23.9 Å². The number of hydrogen-bond acceptors (Lipinski definition) is 4. The van der Waals surface area contributed by atoms with E-state index in [0.717, 1.165) is 39.6 Å². The summed E-state index contributed by atoms with van der Waals surface area (Å²) in [6.45, 7) is 5.11. The molecule has 0 saturated carbocycles. The van der Waals surface area contributed by atoms with Gasteiger partial charge in [-0.25, -0.2) is 0 Å². The number of aromatic nitrogens is 2. The fraction of sp³-hybridized carbons (Fsp3) is 0.286. The van der Waals surface area contributed by atoms with E-state index in [9.17, 15) is 9.90 Å². The monoisotopic (exact) mass is 441 g/mol. The summed E-state index contributed by atoms with van der Waals surface area (Å²) in [5, 5.41) is 15.2. The van der Waals surface area contributed by atoms with Crippen LogP contribution in [0.4, 0.5) is 0 Å². The highest BCUT2D eigenvalue weighted by atomic mass is 16.3. The third-order valence-corrected chi connectivity index (χ3v) is 6.24. The van der Waals surface area contributed by atoms with Gasteiger partial charge in [-0.15, -0.1) is 0 Å². The smallest absolute Gasteiger partial charge is 0.259 e. The molecule has 0 amide bonds. The van der Waals surface area contributed by atoms with Crippen LogP contribution in [0.1, 0.15) is 31.9 Å². The molecule has 2 unspecified atom stereocenters. The van der Waals surface area contributed by atoms with Crippen LogP contribution in [0.3, 0.4) is 0 Å². The first-order valence-corrected chi connectivity index (χ1v) is 11.5. The van der Waals surface area contributed by atoms with Gasteiger partial charge in [0.25, 0.3) is 5.56 Å². The van der Waals surface area contributed by atoms with Crippen LogP contribution in [-0.2, 0) is 7.05 Å². The molecule has 0 spiro atoms. The molecule has 2 aromatic carbocycles. The van der Waals surface area contributed by atoms with Gasteiger partial charge in [-0.3, -0.25) is 9.78 Å². The van der Waals surface area contributed by atoms with Crippen LogP contribution in [0.5, 0.6) is 0 Å². The largest absolute Gasteiger partial charge is 0.392 e. The topological polar surface area (TPSA) is 67.2 Å². The Morgan fingerprint density at radius 1 is 0.970 bits per heavy atom. The summed E-state index contributed by atoms with van der Waals surface area (Å²) < 4.78 is 1.79. The van der Waals surface area contributed by atoms with Gasteiger partial charge in [0, 0.05) is 44.1 Å². The third-order valence-electron chi connectivity index (χ3n) is 6.24. The predicted octanol–water partition coefficient (Wildman–Crippen LogP) is 4.73. The number of nitrogens with one attached hydrogen (secondary N) is 1. The van der Waals surface area contributed by atoms with E-state index < -0.39 is 6.10 Å². The molecule has 2 atom stereocenters. The van der Waals surface area contributed by atoms with Crippen molar-refractivity contribution in [3.63, 3.8) is 0 Å². The zero-order valence-electron chi connectivity index (χ0n) is 19.5. The molecule has 0 radical (unpaired) electrons. The number of nitrogens with zero attached hydrogens (tertiary/aromatic N) is 2. The fourth-order valence-electron chi connectivity index (χ4n) is 4.42. The Labute approximate surface area is 194 Å². The van der Waals surface area contributed by atoms with Crippen LogP contribution in [-0.4, -0.2) is 33.9 Å². The van der Waals surface area contributed by atoms with Gasteiger partial charge in [0.05, 0.1) is 11.7 Å². The Morgan fingerprint density at radius 2 is 1.70 bits per heavy atom. The van der Waals surface area contributed by atoms with Crippen LogP contribution < -0.4 is 10.9 Å². The van der Waals surface area contributed by atoms with E-state index in [2.05, 4.69) is 47.6 Å². The van der Waals surface area contributed by atoms with Crippen molar-refractivity contribution in [3.05, 3.63) is 89.1 Å². The summed E-state index contributed by atoms with van der Waals surface area (Å²) >= 11 is 0. The molecule has 0 aliphatic rings. The first-order chi connectivity index (χ1) is 16.0. The maximum absolute atomic E-state index is 13.8. The number of aliphatic hydroxyl groups excluding tert-OH is 1. The Morgan fingerprint density at radius 3 is 2.39 bits per heavy atom. The minimum atomic E-state index is -0.408. The summed E-state index contributed by atoms with van der Waals surface area (Å²) in [4.78, 5) is 18.0. The van der Waals surface area contributed by atoms with Crippen LogP contribution in [0.15, 0.2) is 77.9 Å². The van der Waals surface area contributed by atoms with Crippen molar-refractivity contribution in [1.82, 2.24) is 14.9 Å². The van der Waals surface area contributed by atoms with Crippen molar-refractivity contribution < 1.29 is 5.11 Å². The zero-order valence-corrected chi connectivity index (χ0v) is 19.5. The molecule has 5 heteroatoms. The first-order valence-electron chi connectivity index (χ1n) is 11.5. The maximum Gasteiger partial charge on any atom is 0.259 e. The quantitative estimate of drug-likeness (QED) is 0.415. The fourth-order valence-corrected chi connectivity index (χ4v) is 4.42. The lowest BCUT2D eigenvalue weighted by Gasteiger charge is -2.23. The summed E-state index contributed by atoms with van der Waals surface area (Å²) in [6, 6.07) is 20.5. The van der Waals surface area contributed by atoms with E-state index >= 15 is 0 Å². The minimum absolute atomic E-state index is 0.0106. The number of benzene rings is 2. The Kier molecular flexibility index (Phi) is 7.02. The molecule has 0 aliphatic carbocycles. The lowest BCUT2D eigenvalue weighted by Crippen LogP contribution is -2.31. The van der Waals surface area contributed by atoms with Gasteiger partial charge in [0.1, 0.15) is 0 Å². The Balaban J connectivity index is 1.89. The van der Waals surface area contributed by atoms with E-state index in [1.807, 2.05) is 37.4 Å². The summed E-state index contributed by atoms with van der Waals surface area (Å²) in [7, 11) is 1.86. The van der Waals surface area contributed by atoms with Crippen LogP contribution in [0.25, 0.3) is 33.0 Å². The molecule has 33 heavy (non-hydrogen) atoms. The van der Waals surface area contributed by atoms with E-state index in [-0.39, 0.29) is 11.5 Å². The highest BCUT2D eigenvalue weighted by molar-refractivity contribution is 5.91. The van der Waals surface area contributed by atoms with Crippen molar-refractivity contribution in [2.24, 2.45) is 7.05 Å². The number of pyridine rings is 2. The van der Waals surface area contributed by atoms with E-state index in [1.165, 1.54) is 0 Å². The van der Waals surface area contributed by atoms with Gasteiger partial charge >= 0.3 is 0 Å². The maximum atomic E-state index is 13.8. The standard InChI is InChI=1S/C28H31N3O2/c1-4-20(18-30-17-19(2)32)26-16-25(22-11-13-29-14-12-22)27(28(33)31(26)3)24-10-9-21-7-5-6-8-23(21)15-24/h5-16,19-20,30,32H,4,17-18H2,1-3H3. The summed E-state index contributed by atoms with van der Waals surface area (Å²) in [5.74, 6) is 0.146. The van der Waals surface area contributed by atoms with Gasteiger partial charge in [-0.05, 0) is 65.1 Å². The zero-order chi connectivity index (χ0) is 23.4. The van der Waals surface area contributed by atoms with E-state index in [0.29, 0.717) is 18.7 Å². The highest BCUT2D eigenvalue weighted by Gasteiger charge is 2.21. The van der Waals surface area contributed by atoms with Crippen LogP contribution in [0.2, 0.25) is 0 Å². The second-order valence-electron chi connectivity index (χ2n) is 8.63. The summed E-state index contributed by atoms with van der Waals surface area (Å²) in [6.07, 6.45) is 4.00. The van der Waals surface area contributed by atoms with Gasteiger partial charge in [0.2, 0.25) is 0 Å². The summed E-state index contributed by atoms with van der Waals surface area (Å²) in [5.41, 5.74) is 4.47. The second kappa shape index (κ2) is 10.1. The number of rotatable bonds is 8. The number of fused-ring (bicyclic) bond motifs is 1. The molecule has 2 aromatic heterocycles. The van der Waals surface area contributed by atoms with Crippen molar-refractivity contribution in [2.75, 3.05) is 13.1 Å². The first kappa shape index (κ1) is 22.9. The molecule has 0 aliphatic heterocycles. The van der Waals surface area contributed by atoms with Crippen molar-refractivity contribution in [3.8, 4) is 22.3 Å². The number of hydrogen-bond donors (Lipinski definition) is 2. The molecule has 2 heterocycles. The van der Waals surface area contributed by atoms with Crippen LogP contribution >= 0.6 is 0 Å². The molecular weight excluding hydrogens is 410 g/mol. The second-order valence-corrected chi connectivity index (χ2v) is 8.63. The molecule has 0 saturated heterocycles. The minimum Gasteiger partial charge on any atom is -0.392 e. The Bertz CT molecular complexity index is 1300. The lowest BCUT2D eigenvalue weighted by molar-refractivity contribution is 0.190. The van der Waals surface area contributed by atoms with Gasteiger partial charge in [0.15, 0.2) is 0 Å². The van der Waals surface area contributed by atoms with Crippen molar-refractivity contribution in [2.45, 2.75) is 32.3 Å². The molecule has 0 bridgehead atoms. The van der Waals surface area contributed by atoms with Crippen LogP contribution in [0, 0.1) is 0 Å². The third kappa shape index (κ3) is 4.90. The van der Waals surface area contributed by atoms with Gasteiger partial charge in [-0.1, -0.05) is 43.3 Å². The lowest BCUT2D eigenvalue weighted by atomic mass is 9.91. The SMILES string of the molecule is CCC(CNCC(C)O)c1cc(-c2ccncc2)c(-c2ccc3ccccc3c2)c(=O)n1C. The molecule has 170 valence electrons. The van der Waals surface area contributed by atoms with Gasteiger partial charge < -0.3 is 15.0 Å². The molecule has 2 N–H and O–H groups in total. The average Bonchev–Trinajstić information content (AvgIpc) is 2.84. The average molecular weight is 442 g/mol. The molecule has 4 rings (SSSR count). The van der Waals surface area contributed by atoms with Crippen molar-refractivity contribution >= 4 is 10.8 Å². The predicted molar refractivity (Wildman–Crippen MR) is 135 cm³/mol. The molecule has 5 nitrogen and oxygen atoms in total. The van der Waals surface area contributed by atoms with Gasteiger partial charge in [-0.2, -0.15) is 0 Å². The molecule has 4 aromatic rings. The highest BCUT2D eigenvalue weighted by Crippen LogP contribution is 2.33. The molecule has 0 fully saturated rings. The van der Waals surface area contributed by atoms with Crippen molar-refractivity contribution in [1.29, 1.82) is 0 Å². The Hall–Kier alpha value is -3.28. The normalized spacial score (nSPS) is 13.2. The van der Waals surface area contributed by atoms with E-state index in [4.69, 9.17) is 0 Å². The molecular formula is C28H31N3O2.